The molecule has 0 spiro atoms. The summed E-state index contributed by atoms with van der Waals surface area (Å²) in [6, 6.07) is 19.7. The van der Waals surface area contributed by atoms with Crippen molar-refractivity contribution in [1.29, 1.82) is 0 Å². The first-order valence-electron chi connectivity index (χ1n) is 8.11. The largest absolute Gasteiger partial charge is 0.490 e. The summed E-state index contributed by atoms with van der Waals surface area (Å²) in [6.45, 7) is 0.279. The summed E-state index contributed by atoms with van der Waals surface area (Å²) in [5.41, 5.74) is 2.11. The third-order valence-electron chi connectivity index (χ3n) is 3.78. The second kappa shape index (κ2) is 8.16. The molecule has 1 saturated heterocycles. The first kappa shape index (κ1) is 16.1. The van der Waals surface area contributed by atoms with Gasteiger partial charge >= 0.3 is 5.97 Å². The minimum absolute atomic E-state index is 0.0124. The summed E-state index contributed by atoms with van der Waals surface area (Å²) in [5, 5.41) is 0. The van der Waals surface area contributed by atoms with Gasteiger partial charge in [0.05, 0.1) is 6.08 Å². The smallest absolute Gasteiger partial charge is 0.334 e. The number of esters is 1. The second-order valence-corrected chi connectivity index (χ2v) is 5.67. The molecule has 24 heavy (non-hydrogen) atoms. The van der Waals surface area contributed by atoms with Crippen LogP contribution in [0, 0.1) is 0 Å². The number of benzene rings is 2. The molecule has 1 aliphatic rings. The number of allylic oxidation sites excluding steroid dienone is 1. The molecule has 0 aromatic heterocycles. The van der Waals surface area contributed by atoms with Gasteiger partial charge in [-0.15, -0.1) is 0 Å². The van der Waals surface area contributed by atoms with Crippen molar-refractivity contribution in [1.82, 2.24) is 0 Å². The van der Waals surface area contributed by atoms with E-state index in [0.29, 0.717) is 5.76 Å². The Balaban J connectivity index is 1.48. The van der Waals surface area contributed by atoms with Crippen molar-refractivity contribution in [2.24, 2.45) is 0 Å². The van der Waals surface area contributed by atoms with Crippen molar-refractivity contribution >= 4 is 12.0 Å². The Kier molecular flexibility index (Phi) is 5.46. The fourth-order valence-electron chi connectivity index (χ4n) is 2.52. The average molecular weight is 320 g/mol. The van der Waals surface area contributed by atoms with Crippen molar-refractivity contribution in [2.45, 2.75) is 25.6 Å². The van der Waals surface area contributed by atoms with Gasteiger partial charge < -0.3 is 9.47 Å². The molecule has 122 valence electrons. The number of ether oxygens (including phenoxy) is 2. The van der Waals surface area contributed by atoms with Crippen LogP contribution in [0.1, 0.15) is 24.0 Å². The third kappa shape index (κ3) is 4.85. The molecule has 2 aromatic rings. The van der Waals surface area contributed by atoms with E-state index in [1.807, 2.05) is 72.8 Å². The monoisotopic (exact) mass is 320 g/mol. The van der Waals surface area contributed by atoms with Crippen LogP contribution in [0.2, 0.25) is 0 Å². The van der Waals surface area contributed by atoms with Gasteiger partial charge in [-0.05, 0) is 23.6 Å². The Morgan fingerprint density at radius 1 is 1.08 bits per heavy atom. The molecule has 1 aliphatic heterocycles. The molecule has 0 saturated carbocycles. The average Bonchev–Trinajstić information content (AvgIpc) is 3.07. The lowest BCUT2D eigenvalue weighted by Gasteiger charge is -2.06. The van der Waals surface area contributed by atoms with Crippen molar-refractivity contribution in [3.05, 3.63) is 89.7 Å². The van der Waals surface area contributed by atoms with Crippen LogP contribution in [-0.2, 0) is 20.9 Å². The molecule has 0 radical (unpaired) electrons. The zero-order chi connectivity index (χ0) is 16.6. The maximum absolute atomic E-state index is 11.9. The van der Waals surface area contributed by atoms with E-state index in [2.05, 4.69) is 0 Å². The van der Waals surface area contributed by atoms with E-state index in [0.717, 1.165) is 24.0 Å². The summed E-state index contributed by atoms with van der Waals surface area (Å²) >= 11 is 0. The number of carbonyl (C=O) groups excluding carboxylic acids is 1. The first-order valence-corrected chi connectivity index (χ1v) is 8.11. The summed E-state index contributed by atoms with van der Waals surface area (Å²) < 4.78 is 11.0. The second-order valence-electron chi connectivity index (χ2n) is 5.67. The Morgan fingerprint density at radius 2 is 1.79 bits per heavy atom. The number of hydrogen-bond acceptors (Lipinski definition) is 3. The fraction of sp³-hybridized carbons (Fsp3) is 0.190. The van der Waals surface area contributed by atoms with Crippen molar-refractivity contribution in [3.63, 3.8) is 0 Å². The minimum Gasteiger partial charge on any atom is -0.490 e. The van der Waals surface area contributed by atoms with Crippen molar-refractivity contribution < 1.29 is 14.3 Å². The van der Waals surface area contributed by atoms with Gasteiger partial charge in [0.15, 0.2) is 0 Å². The van der Waals surface area contributed by atoms with Crippen LogP contribution >= 0.6 is 0 Å². The van der Waals surface area contributed by atoms with Crippen molar-refractivity contribution in [3.8, 4) is 0 Å². The van der Waals surface area contributed by atoms with Gasteiger partial charge in [0, 0.05) is 6.42 Å². The molecule has 1 atom stereocenters. The maximum Gasteiger partial charge on any atom is 0.334 e. The lowest BCUT2D eigenvalue weighted by molar-refractivity contribution is -0.139. The number of rotatable bonds is 5. The quantitative estimate of drug-likeness (QED) is 0.601. The van der Waals surface area contributed by atoms with Crippen LogP contribution in [0.25, 0.3) is 6.08 Å². The third-order valence-corrected chi connectivity index (χ3v) is 3.78. The predicted octanol–water partition coefficient (Wildman–Crippen LogP) is 4.51. The molecular formula is C21H20O3. The van der Waals surface area contributed by atoms with E-state index < -0.39 is 0 Å². The highest BCUT2D eigenvalue weighted by atomic mass is 16.5. The number of carbonyl (C=O) groups is 1. The van der Waals surface area contributed by atoms with Gasteiger partial charge in [0.25, 0.3) is 0 Å². The molecule has 0 amide bonds. The van der Waals surface area contributed by atoms with Crippen LogP contribution in [0.3, 0.4) is 0 Å². The Labute approximate surface area is 142 Å². The Hall–Kier alpha value is -2.81. The topological polar surface area (TPSA) is 35.5 Å². The summed E-state index contributed by atoms with van der Waals surface area (Å²) in [4.78, 5) is 11.9. The van der Waals surface area contributed by atoms with Crippen molar-refractivity contribution in [2.75, 3.05) is 0 Å². The number of hydrogen-bond donors (Lipinski definition) is 0. The zero-order valence-electron chi connectivity index (χ0n) is 13.4. The molecule has 3 nitrogen and oxygen atoms in total. The molecule has 0 unspecified atom stereocenters. The van der Waals surface area contributed by atoms with E-state index in [1.54, 1.807) is 0 Å². The molecule has 0 aliphatic carbocycles. The first-order chi connectivity index (χ1) is 11.8. The molecule has 2 aromatic carbocycles. The van der Waals surface area contributed by atoms with E-state index in [1.165, 1.54) is 6.08 Å². The highest BCUT2D eigenvalue weighted by molar-refractivity contribution is 5.82. The summed E-state index contributed by atoms with van der Waals surface area (Å²) in [5.74, 6) is 0.331. The highest BCUT2D eigenvalue weighted by Gasteiger charge is 2.19. The predicted molar refractivity (Wildman–Crippen MR) is 93.9 cm³/mol. The van der Waals surface area contributed by atoms with Gasteiger partial charge in [-0.25, -0.2) is 4.79 Å². The van der Waals surface area contributed by atoms with E-state index >= 15 is 0 Å². The van der Waals surface area contributed by atoms with Crippen LogP contribution in [0.15, 0.2) is 78.6 Å². The van der Waals surface area contributed by atoms with Gasteiger partial charge in [-0.1, -0.05) is 66.7 Å². The van der Waals surface area contributed by atoms with Gasteiger partial charge in [0.1, 0.15) is 18.5 Å². The molecule has 3 heteroatoms. The van der Waals surface area contributed by atoms with Crippen LogP contribution < -0.4 is 0 Å². The van der Waals surface area contributed by atoms with E-state index in [-0.39, 0.29) is 18.7 Å². The lowest BCUT2D eigenvalue weighted by Crippen LogP contribution is -2.03. The van der Waals surface area contributed by atoms with Crippen LogP contribution in [-0.4, -0.2) is 12.1 Å². The summed E-state index contributed by atoms with van der Waals surface area (Å²) in [7, 11) is 0. The fourth-order valence-corrected chi connectivity index (χ4v) is 2.52. The molecule has 3 rings (SSSR count). The van der Waals surface area contributed by atoms with Gasteiger partial charge in [-0.3, -0.25) is 0 Å². The lowest BCUT2D eigenvalue weighted by atomic mass is 10.1. The Morgan fingerprint density at radius 3 is 2.54 bits per heavy atom. The zero-order valence-corrected chi connectivity index (χ0v) is 13.4. The van der Waals surface area contributed by atoms with E-state index in [9.17, 15) is 4.79 Å². The van der Waals surface area contributed by atoms with Crippen LogP contribution in [0.5, 0.6) is 0 Å². The minimum atomic E-state index is -0.360. The van der Waals surface area contributed by atoms with Gasteiger partial charge in [-0.2, -0.15) is 0 Å². The molecule has 0 bridgehead atoms. The molecule has 1 heterocycles. The van der Waals surface area contributed by atoms with E-state index in [4.69, 9.17) is 9.47 Å². The standard InChI is InChI=1S/C21H20O3/c22-21(23-16-18-9-5-2-6-10-18)15-20-14-13-19(24-20)12-11-17-7-3-1-4-8-17/h1-12,15,19H,13-14,16H2/b12-11+,20-15-/t19-/m0/s1. The highest BCUT2D eigenvalue weighted by Crippen LogP contribution is 2.24. The summed E-state index contributed by atoms with van der Waals surface area (Å²) in [6.07, 6.45) is 7.18. The SMILES string of the molecule is O=C(/C=C1/CC[C@H](/C=C/c2ccccc2)O1)OCc1ccccc1. The maximum atomic E-state index is 11.9. The molecule has 1 fully saturated rings. The van der Waals surface area contributed by atoms with Gasteiger partial charge in [0.2, 0.25) is 0 Å². The van der Waals surface area contributed by atoms with Crippen LogP contribution in [0.4, 0.5) is 0 Å². The Bertz CT molecular complexity index is 717. The molecule has 0 N–H and O–H groups in total. The molecular weight excluding hydrogens is 300 g/mol. The normalized spacial score (nSPS) is 18.7.